The van der Waals surface area contributed by atoms with Gasteiger partial charge >= 0.3 is 0 Å². The van der Waals surface area contributed by atoms with Gasteiger partial charge in [-0.2, -0.15) is 0 Å². The summed E-state index contributed by atoms with van der Waals surface area (Å²) in [7, 11) is 3.41. The molecule has 0 saturated carbocycles. The quantitative estimate of drug-likeness (QED) is 0.449. The Morgan fingerprint density at radius 1 is 0.944 bits per heavy atom. The van der Waals surface area contributed by atoms with Crippen LogP contribution in [-0.4, -0.2) is 41.7 Å². The maximum atomic E-state index is 14.2. The van der Waals surface area contributed by atoms with Gasteiger partial charge in [-0.1, -0.05) is 60.7 Å². The molecule has 2 amide bonds. The predicted octanol–water partition coefficient (Wildman–Crippen LogP) is 4.25. The van der Waals surface area contributed by atoms with Crippen LogP contribution in [0.5, 0.6) is 0 Å². The van der Waals surface area contributed by atoms with Gasteiger partial charge in [0.2, 0.25) is 0 Å². The number of rotatable bonds is 6. The summed E-state index contributed by atoms with van der Waals surface area (Å²) < 4.78 is 5.58. The lowest BCUT2D eigenvalue weighted by Gasteiger charge is -2.27. The van der Waals surface area contributed by atoms with Crippen molar-refractivity contribution in [1.29, 1.82) is 0 Å². The molecule has 7 heteroatoms. The molecule has 0 fully saturated rings. The fourth-order valence-corrected chi connectivity index (χ4v) is 4.54. The summed E-state index contributed by atoms with van der Waals surface area (Å²) in [5, 5.41) is 0. The Kier molecular flexibility index (Phi) is 5.90. The Balaban J connectivity index is 1.57. The molecule has 1 aliphatic heterocycles. The number of carbonyl (C=O) groups is 2. The fraction of sp³-hybridized carbons (Fsp3) is 0.138. The van der Waals surface area contributed by atoms with Gasteiger partial charge in [0.1, 0.15) is 5.76 Å². The van der Waals surface area contributed by atoms with Crippen molar-refractivity contribution in [1.82, 2.24) is 9.80 Å². The Hall–Kier alpha value is -4.65. The molecule has 0 spiro atoms. The molecule has 1 atom stereocenters. The molecule has 1 aliphatic rings. The largest absolute Gasteiger partial charge is 0.464 e. The van der Waals surface area contributed by atoms with E-state index in [1.165, 1.54) is 9.80 Å². The van der Waals surface area contributed by atoms with Crippen molar-refractivity contribution in [2.45, 2.75) is 12.1 Å². The maximum Gasteiger partial charge on any atom is 0.266 e. The summed E-state index contributed by atoms with van der Waals surface area (Å²) >= 11 is 0. The Bertz CT molecular complexity index is 1440. The Labute approximate surface area is 209 Å². The maximum absolute atomic E-state index is 14.2. The van der Waals surface area contributed by atoms with Crippen LogP contribution in [0.4, 0.5) is 0 Å². The van der Waals surface area contributed by atoms with E-state index in [1.54, 1.807) is 38.6 Å². The molecule has 4 aromatic rings. The molecule has 3 aromatic carbocycles. The molecule has 7 nitrogen and oxygen atoms in total. The summed E-state index contributed by atoms with van der Waals surface area (Å²) in [6.07, 6.45) is 1.61. The monoisotopic (exact) mass is 478 g/mol. The minimum atomic E-state index is -1.34. The summed E-state index contributed by atoms with van der Waals surface area (Å²) in [5.74, 6) is 0.449. The van der Waals surface area contributed by atoms with Crippen LogP contribution in [-0.2, 0) is 16.9 Å². The van der Waals surface area contributed by atoms with E-state index >= 15 is 0 Å². The second kappa shape index (κ2) is 9.19. The van der Waals surface area contributed by atoms with E-state index < -0.39 is 5.54 Å². The van der Waals surface area contributed by atoms with E-state index in [0.717, 1.165) is 11.1 Å². The van der Waals surface area contributed by atoms with Crippen molar-refractivity contribution in [3.63, 3.8) is 0 Å². The SMILES string of the molecule is CN(C)C(=O)c1cccc(CN2C(=O)[C@](c3ccccc3)(c3cccc(-c4ccco4)c3)N=C2N)c1. The number of guanidine groups is 1. The summed E-state index contributed by atoms with van der Waals surface area (Å²) in [6, 6.07) is 27.9. The number of nitrogens with zero attached hydrogens (tertiary/aromatic N) is 3. The molecule has 0 unspecified atom stereocenters. The lowest BCUT2D eigenvalue weighted by Crippen LogP contribution is -2.43. The minimum Gasteiger partial charge on any atom is -0.464 e. The first-order valence-electron chi connectivity index (χ1n) is 11.6. The molecule has 2 heterocycles. The van der Waals surface area contributed by atoms with Crippen molar-refractivity contribution in [2.75, 3.05) is 14.1 Å². The van der Waals surface area contributed by atoms with Gasteiger partial charge in [-0.3, -0.25) is 14.5 Å². The second-order valence-electron chi connectivity index (χ2n) is 8.90. The average molecular weight is 479 g/mol. The van der Waals surface area contributed by atoms with Crippen molar-refractivity contribution in [3.05, 3.63) is 120 Å². The van der Waals surface area contributed by atoms with Gasteiger partial charge in [-0.25, -0.2) is 4.99 Å². The normalized spacial score (nSPS) is 17.2. The molecule has 0 saturated heterocycles. The topological polar surface area (TPSA) is 92.1 Å². The number of benzene rings is 3. The zero-order valence-corrected chi connectivity index (χ0v) is 20.1. The van der Waals surface area contributed by atoms with Crippen LogP contribution in [0.3, 0.4) is 0 Å². The molecule has 2 N–H and O–H groups in total. The van der Waals surface area contributed by atoms with Crippen LogP contribution in [0.15, 0.2) is 107 Å². The van der Waals surface area contributed by atoms with Crippen molar-refractivity contribution >= 4 is 17.8 Å². The zero-order chi connectivity index (χ0) is 25.3. The first-order chi connectivity index (χ1) is 17.4. The molecule has 0 radical (unpaired) electrons. The van der Waals surface area contributed by atoms with Gasteiger partial charge < -0.3 is 15.1 Å². The summed E-state index contributed by atoms with van der Waals surface area (Å²) in [5.41, 5.74) is 8.63. The lowest BCUT2D eigenvalue weighted by molar-refractivity contribution is -0.130. The van der Waals surface area contributed by atoms with E-state index in [-0.39, 0.29) is 24.3 Å². The molecular formula is C29H26N4O3. The lowest BCUT2D eigenvalue weighted by atomic mass is 9.82. The van der Waals surface area contributed by atoms with Gasteiger partial charge in [0.05, 0.1) is 12.8 Å². The van der Waals surface area contributed by atoms with E-state index in [0.29, 0.717) is 22.5 Å². The number of hydrogen-bond donors (Lipinski definition) is 1. The number of amides is 2. The molecular weight excluding hydrogens is 452 g/mol. The average Bonchev–Trinajstić information content (AvgIpc) is 3.53. The zero-order valence-electron chi connectivity index (χ0n) is 20.1. The molecule has 180 valence electrons. The van der Waals surface area contributed by atoms with Gasteiger partial charge in [-0.05, 0) is 47.0 Å². The first kappa shape index (κ1) is 23.1. The highest BCUT2D eigenvalue weighted by atomic mass is 16.3. The predicted molar refractivity (Wildman–Crippen MR) is 138 cm³/mol. The van der Waals surface area contributed by atoms with Crippen LogP contribution in [0.1, 0.15) is 27.0 Å². The van der Waals surface area contributed by atoms with E-state index in [4.69, 9.17) is 15.1 Å². The van der Waals surface area contributed by atoms with Crippen molar-refractivity contribution in [2.24, 2.45) is 10.7 Å². The number of hydrogen-bond acceptors (Lipinski definition) is 5. The Morgan fingerprint density at radius 2 is 1.69 bits per heavy atom. The standard InChI is InChI=1S/C29H26N4O3/c1-32(2)26(34)22-11-6-9-20(17-22)19-33-27(35)29(31-28(33)30,23-12-4-3-5-13-23)24-14-7-10-21(18-24)25-15-8-16-36-25/h3-18H,19H2,1-2H3,(H2,30,31)/t29-/m0/s1. The number of carbonyl (C=O) groups excluding carboxylic acids is 2. The number of nitrogens with two attached hydrogens (primary N) is 1. The highest BCUT2D eigenvalue weighted by Gasteiger charge is 2.50. The van der Waals surface area contributed by atoms with Gasteiger partial charge in [-0.15, -0.1) is 0 Å². The fourth-order valence-electron chi connectivity index (χ4n) is 4.54. The molecule has 1 aromatic heterocycles. The van der Waals surface area contributed by atoms with Gasteiger partial charge in [0.25, 0.3) is 11.8 Å². The third-order valence-corrected chi connectivity index (χ3v) is 6.31. The minimum absolute atomic E-state index is 0.111. The Morgan fingerprint density at radius 3 is 2.42 bits per heavy atom. The highest BCUT2D eigenvalue weighted by Crippen LogP contribution is 2.41. The summed E-state index contributed by atoms with van der Waals surface area (Å²) in [4.78, 5) is 34.4. The van der Waals surface area contributed by atoms with Gasteiger partial charge in [0.15, 0.2) is 11.5 Å². The molecule has 0 bridgehead atoms. The molecule has 5 rings (SSSR count). The van der Waals surface area contributed by atoms with Crippen LogP contribution in [0.2, 0.25) is 0 Å². The van der Waals surface area contributed by atoms with E-state index in [1.807, 2.05) is 72.8 Å². The van der Waals surface area contributed by atoms with Crippen LogP contribution in [0, 0.1) is 0 Å². The van der Waals surface area contributed by atoms with E-state index in [2.05, 4.69) is 0 Å². The van der Waals surface area contributed by atoms with E-state index in [9.17, 15) is 9.59 Å². The third-order valence-electron chi connectivity index (χ3n) is 6.31. The smallest absolute Gasteiger partial charge is 0.266 e. The highest BCUT2D eigenvalue weighted by molar-refractivity contribution is 6.09. The van der Waals surface area contributed by atoms with Crippen LogP contribution < -0.4 is 5.73 Å². The van der Waals surface area contributed by atoms with Crippen molar-refractivity contribution in [3.8, 4) is 11.3 Å². The number of furan rings is 1. The second-order valence-corrected chi connectivity index (χ2v) is 8.90. The summed E-state index contributed by atoms with van der Waals surface area (Å²) in [6.45, 7) is 0.190. The van der Waals surface area contributed by atoms with Crippen molar-refractivity contribution < 1.29 is 14.0 Å². The third kappa shape index (κ3) is 3.94. The number of aliphatic imine (C=N–C) groups is 1. The van der Waals surface area contributed by atoms with Crippen LogP contribution >= 0.6 is 0 Å². The first-order valence-corrected chi connectivity index (χ1v) is 11.6. The van der Waals surface area contributed by atoms with Gasteiger partial charge in [0, 0.05) is 25.2 Å². The van der Waals surface area contributed by atoms with Crippen LogP contribution in [0.25, 0.3) is 11.3 Å². The molecule has 0 aliphatic carbocycles. The molecule has 36 heavy (non-hydrogen) atoms.